The quantitative estimate of drug-likeness (QED) is 0.492. The van der Waals surface area contributed by atoms with Crippen LogP contribution in [0.5, 0.6) is 0 Å². The third-order valence-corrected chi connectivity index (χ3v) is 7.48. The zero-order valence-electron chi connectivity index (χ0n) is 19.0. The van der Waals surface area contributed by atoms with E-state index in [2.05, 4.69) is 44.1 Å². The normalized spacial score (nSPS) is 20.1. The van der Waals surface area contributed by atoms with Crippen molar-refractivity contribution >= 4 is 11.6 Å². The monoisotopic (exact) mass is 456 g/mol. The van der Waals surface area contributed by atoms with Crippen molar-refractivity contribution in [1.82, 2.24) is 34.3 Å². The fourth-order valence-corrected chi connectivity index (χ4v) is 5.19. The van der Waals surface area contributed by atoms with Crippen LogP contribution in [0.15, 0.2) is 42.9 Å². The summed E-state index contributed by atoms with van der Waals surface area (Å²) in [5, 5.41) is 9.17. The molecule has 0 unspecified atom stereocenters. The number of hydrogen-bond donors (Lipinski definition) is 1. The maximum absolute atomic E-state index is 5.96. The number of piperidine rings is 1. The van der Waals surface area contributed by atoms with E-state index in [-0.39, 0.29) is 5.95 Å². The van der Waals surface area contributed by atoms with Gasteiger partial charge in [0.05, 0.1) is 37.2 Å². The summed E-state index contributed by atoms with van der Waals surface area (Å²) >= 11 is 0. The van der Waals surface area contributed by atoms with Gasteiger partial charge in [-0.2, -0.15) is 10.1 Å². The number of rotatable bonds is 5. The summed E-state index contributed by atoms with van der Waals surface area (Å²) in [7, 11) is 0. The van der Waals surface area contributed by atoms with Crippen molar-refractivity contribution in [3.8, 4) is 22.4 Å². The van der Waals surface area contributed by atoms with E-state index >= 15 is 0 Å². The van der Waals surface area contributed by atoms with Gasteiger partial charge in [-0.15, -0.1) is 5.10 Å². The molecule has 4 aromatic heterocycles. The highest BCUT2D eigenvalue weighted by atomic mass is 16.5. The Morgan fingerprint density at radius 3 is 2.47 bits per heavy atom. The van der Waals surface area contributed by atoms with Crippen molar-refractivity contribution in [2.24, 2.45) is 0 Å². The van der Waals surface area contributed by atoms with Gasteiger partial charge < -0.3 is 10.5 Å². The Morgan fingerprint density at radius 1 is 0.912 bits per heavy atom. The van der Waals surface area contributed by atoms with Gasteiger partial charge in [0.2, 0.25) is 5.95 Å². The first kappa shape index (κ1) is 20.1. The highest BCUT2D eigenvalue weighted by molar-refractivity contribution is 5.74. The number of anilines is 1. The van der Waals surface area contributed by atoms with Crippen molar-refractivity contribution in [2.45, 2.75) is 43.7 Å². The van der Waals surface area contributed by atoms with Crippen LogP contribution < -0.4 is 5.73 Å². The van der Waals surface area contributed by atoms with E-state index in [1.807, 2.05) is 18.5 Å². The molecule has 1 saturated carbocycles. The van der Waals surface area contributed by atoms with Gasteiger partial charge >= 0.3 is 0 Å². The lowest BCUT2D eigenvalue weighted by molar-refractivity contribution is -0.0734. The average Bonchev–Trinajstić information content (AvgIpc) is 3.43. The Balaban J connectivity index is 1.18. The molecular weight excluding hydrogens is 428 g/mol. The standard InChI is InChI=1S/C25H28N8O/c26-25-29-24-10-18(9-23(33(24)30-25)17-3-4-22(27-11-17)16-1-2-16)19-12-28-32(13-19)20-5-7-31(8-6-20)21-14-34-15-21/h3-4,9-13,16,20-21H,1-2,5-8,14-15H2,(H2,26,30). The van der Waals surface area contributed by atoms with Crippen molar-refractivity contribution in [1.29, 1.82) is 0 Å². The smallest absolute Gasteiger partial charge is 0.240 e. The second-order valence-corrected chi connectivity index (χ2v) is 9.78. The molecule has 0 bridgehead atoms. The zero-order valence-corrected chi connectivity index (χ0v) is 19.0. The number of hydrogen-bond acceptors (Lipinski definition) is 7. The average molecular weight is 457 g/mol. The summed E-state index contributed by atoms with van der Waals surface area (Å²) in [6, 6.07) is 9.46. The molecule has 34 heavy (non-hydrogen) atoms. The number of fused-ring (bicyclic) bond motifs is 1. The second-order valence-electron chi connectivity index (χ2n) is 9.78. The molecule has 2 saturated heterocycles. The summed E-state index contributed by atoms with van der Waals surface area (Å²) in [5.41, 5.74) is 11.9. The van der Waals surface area contributed by atoms with Gasteiger partial charge in [0, 0.05) is 48.2 Å². The Bertz CT molecular complexity index is 1330. The van der Waals surface area contributed by atoms with E-state index in [0.717, 1.165) is 67.2 Å². The number of nitrogens with zero attached hydrogens (tertiary/aromatic N) is 7. The minimum atomic E-state index is 0.264. The van der Waals surface area contributed by atoms with Gasteiger partial charge in [-0.1, -0.05) is 0 Å². The summed E-state index contributed by atoms with van der Waals surface area (Å²) in [6.45, 7) is 3.97. The van der Waals surface area contributed by atoms with E-state index in [1.54, 1.807) is 4.52 Å². The SMILES string of the molecule is Nc1nc2cc(-c3cnn(C4CCN(C5COC5)CC4)c3)cc(-c3ccc(C4CC4)nc3)n2n1. The summed E-state index contributed by atoms with van der Waals surface area (Å²) in [4.78, 5) is 11.7. The lowest BCUT2D eigenvalue weighted by Gasteiger charge is -2.41. The molecule has 3 fully saturated rings. The number of likely N-dealkylation sites (tertiary alicyclic amines) is 1. The van der Waals surface area contributed by atoms with Crippen LogP contribution in [0.25, 0.3) is 28.0 Å². The molecule has 0 spiro atoms. The minimum Gasteiger partial charge on any atom is -0.378 e. The fourth-order valence-electron chi connectivity index (χ4n) is 5.19. The van der Waals surface area contributed by atoms with Crippen LogP contribution >= 0.6 is 0 Å². The molecule has 0 amide bonds. The van der Waals surface area contributed by atoms with E-state index in [4.69, 9.17) is 20.6 Å². The van der Waals surface area contributed by atoms with Crippen LogP contribution in [0.4, 0.5) is 5.95 Å². The van der Waals surface area contributed by atoms with E-state index in [1.165, 1.54) is 18.5 Å². The van der Waals surface area contributed by atoms with Crippen LogP contribution in [0.2, 0.25) is 0 Å². The second kappa shape index (κ2) is 7.89. The topological polar surface area (TPSA) is 99.4 Å². The molecular formula is C25H28N8O. The van der Waals surface area contributed by atoms with E-state index in [9.17, 15) is 0 Å². The Kier molecular flexibility index (Phi) is 4.66. The van der Waals surface area contributed by atoms with Gasteiger partial charge in [-0.25, -0.2) is 4.52 Å². The fraction of sp³-hybridized carbons (Fsp3) is 0.440. The first-order chi connectivity index (χ1) is 16.7. The third kappa shape index (κ3) is 3.56. The first-order valence-corrected chi connectivity index (χ1v) is 12.2. The molecule has 0 aromatic carbocycles. The number of nitrogens with two attached hydrogens (primary N) is 1. The molecule has 0 atom stereocenters. The summed E-state index contributed by atoms with van der Waals surface area (Å²) < 4.78 is 9.30. The minimum absolute atomic E-state index is 0.264. The van der Waals surface area contributed by atoms with Crippen LogP contribution in [-0.4, -0.2) is 66.6 Å². The van der Waals surface area contributed by atoms with Crippen LogP contribution in [0.3, 0.4) is 0 Å². The predicted octanol–water partition coefficient (Wildman–Crippen LogP) is 3.15. The molecule has 174 valence electrons. The summed E-state index contributed by atoms with van der Waals surface area (Å²) in [5.74, 6) is 0.891. The molecule has 1 aliphatic carbocycles. The van der Waals surface area contributed by atoms with Crippen molar-refractivity contribution in [3.05, 3.63) is 48.5 Å². The van der Waals surface area contributed by atoms with Gasteiger partial charge in [0.1, 0.15) is 0 Å². The van der Waals surface area contributed by atoms with Gasteiger partial charge in [0.25, 0.3) is 0 Å². The zero-order chi connectivity index (χ0) is 22.6. The van der Waals surface area contributed by atoms with Crippen molar-refractivity contribution in [3.63, 3.8) is 0 Å². The summed E-state index contributed by atoms with van der Waals surface area (Å²) in [6.07, 6.45) is 10.8. The van der Waals surface area contributed by atoms with E-state index < -0.39 is 0 Å². The Hall–Kier alpha value is -3.30. The molecule has 2 aliphatic heterocycles. The maximum Gasteiger partial charge on any atom is 0.240 e. The predicted molar refractivity (Wildman–Crippen MR) is 128 cm³/mol. The molecule has 0 radical (unpaired) electrons. The molecule has 2 N–H and O–H groups in total. The largest absolute Gasteiger partial charge is 0.378 e. The van der Waals surface area contributed by atoms with Crippen LogP contribution in [0.1, 0.15) is 43.3 Å². The molecule has 9 nitrogen and oxygen atoms in total. The number of pyridine rings is 2. The maximum atomic E-state index is 5.96. The van der Waals surface area contributed by atoms with Crippen LogP contribution in [0, 0.1) is 0 Å². The Labute approximate surface area is 197 Å². The van der Waals surface area contributed by atoms with Gasteiger partial charge in [-0.3, -0.25) is 14.6 Å². The number of ether oxygens (including phenoxy) is 1. The van der Waals surface area contributed by atoms with E-state index in [0.29, 0.717) is 18.0 Å². The first-order valence-electron chi connectivity index (χ1n) is 12.2. The van der Waals surface area contributed by atoms with Gasteiger partial charge in [-0.05, 0) is 55.5 Å². The van der Waals surface area contributed by atoms with Crippen molar-refractivity contribution < 1.29 is 4.74 Å². The molecule has 4 aromatic rings. The molecule has 7 rings (SSSR count). The molecule has 6 heterocycles. The molecule has 9 heteroatoms. The van der Waals surface area contributed by atoms with Crippen LogP contribution in [-0.2, 0) is 4.74 Å². The molecule has 3 aliphatic rings. The lowest BCUT2D eigenvalue weighted by Crippen LogP contribution is -2.51. The van der Waals surface area contributed by atoms with Gasteiger partial charge in [0.15, 0.2) is 5.65 Å². The number of aromatic nitrogens is 6. The van der Waals surface area contributed by atoms with Crippen molar-refractivity contribution in [2.75, 3.05) is 32.0 Å². The third-order valence-electron chi connectivity index (χ3n) is 7.48. The highest BCUT2D eigenvalue weighted by Crippen LogP contribution is 2.39. The number of nitrogen functional groups attached to an aromatic ring is 1. The lowest BCUT2D eigenvalue weighted by atomic mass is 10.0. The highest BCUT2D eigenvalue weighted by Gasteiger charge is 2.30. The Morgan fingerprint density at radius 2 is 1.76 bits per heavy atom.